The minimum atomic E-state index is -0.363. The molecule has 0 spiro atoms. The molecule has 0 fully saturated rings. The van der Waals surface area contributed by atoms with Crippen molar-refractivity contribution >= 4 is 45.5 Å². The zero-order chi connectivity index (χ0) is 19.8. The second-order valence-corrected chi connectivity index (χ2v) is 8.65. The van der Waals surface area contributed by atoms with Crippen LogP contribution in [0.2, 0.25) is 0 Å². The average Bonchev–Trinajstić information content (AvgIpc) is 3.39. The van der Waals surface area contributed by atoms with Gasteiger partial charge >= 0.3 is 0 Å². The van der Waals surface area contributed by atoms with Gasteiger partial charge in [0.25, 0.3) is 17.7 Å². The molecule has 0 bridgehead atoms. The van der Waals surface area contributed by atoms with Crippen LogP contribution in [-0.2, 0) is 0 Å². The highest BCUT2D eigenvalue weighted by molar-refractivity contribution is 7.16. The second-order valence-electron chi connectivity index (χ2n) is 6.84. The lowest BCUT2D eigenvalue weighted by Gasteiger charge is -2.15. The third-order valence-electron chi connectivity index (χ3n) is 4.28. The molecule has 4 rings (SSSR count). The van der Waals surface area contributed by atoms with Crippen molar-refractivity contribution < 1.29 is 14.4 Å². The number of carbonyl (C=O) groups is 3. The maximum absolute atomic E-state index is 12.6. The van der Waals surface area contributed by atoms with Gasteiger partial charge in [-0.25, -0.2) is 4.98 Å². The highest BCUT2D eigenvalue weighted by atomic mass is 32.1. The van der Waals surface area contributed by atoms with Crippen LogP contribution in [-0.4, -0.2) is 34.2 Å². The van der Waals surface area contributed by atoms with Gasteiger partial charge in [-0.15, -0.1) is 22.7 Å². The molecular formula is C20H17N3O3S2. The van der Waals surface area contributed by atoms with E-state index in [0.717, 1.165) is 10.6 Å². The van der Waals surface area contributed by atoms with Crippen LogP contribution in [0.4, 0.5) is 5.13 Å². The zero-order valence-electron chi connectivity index (χ0n) is 15.3. The summed E-state index contributed by atoms with van der Waals surface area (Å²) in [4.78, 5) is 44.3. The SMILES string of the molecule is CC(C)CN1C(=O)c2ccc(C(=O)Nc3nc(-c4cccs4)cs3)cc2C1=O. The largest absolute Gasteiger partial charge is 0.298 e. The van der Waals surface area contributed by atoms with Crippen LogP contribution in [0.1, 0.15) is 44.9 Å². The topological polar surface area (TPSA) is 79.4 Å². The van der Waals surface area contributed by atoms with Gasteiger partial charge in [-0.2, -0.15) is 0 Å². The number of anilines is 1. The Hall–Kier alpha value is -2.84. The summed E-state index contributed by atoms with van der Waals surface area (Å²) < 4.78 is 0. The molecular weight excluding hydrogens is 394 g/mol. The number of rotatable bonds is 5. The fraction of sp³-hybridized carbons (Fsp3) is 0.200. The number of fused-ring (bicyclic) bond motifs is 1. The van der Waals surface area contributed by atoms with E-state index < -0.39 is 0 Å². The molecule has 6 nitrogen and oxygen atoms in total. The van der Waals surface area contributed by atoms with E-state index in [9.17, 15) is 14.4 Å². The zero-order valence-corrected chi connectivity index (χ0v) is 16.9. The first-order chi connectivity index (χ1) is 13.4. The Morgan fingerprint density at radius 2 is 1.93 bits per heavy atom. The monoisotopic (exact) mass is 411 g/mol. The quantitative estimate of drug-likeness (QED) is 0.632. The smallest absolute Gasteiger partial charge is 0.261 e. The summed E-state index contributed by atoms with van der Waals surface area (Å²) in [5.74, 6) is -0.844. The van der Waals surface area contributed by atoms with Crippen LogP contribution in [0, 0.1) is 5.92 Å². The number of hydrogen-bond donors (Lipinski definition) is 1. The molecule has 8 heteroatoms. The lowest BCUT2D eigenvalue weighted by atomic mass is 10.1. The second kappa shape index (κ2) is 7.29. The van der Waals surface area contributed by atoms with Gasteiger partial charge in [-0.3, -0.25) is 24.6 Å². The third kappa shape index (κ3) is 3.36. The molecule has 0 saturated carbocycles. The maximum Gasteiger partial charge on any atom is 0.261 e. The summed E-state index contributed by atoms with van der Waals surface area (Å²) in [6.45, 7) is 4.25. The maximum atomic E-state index is 12.6. The number of hydrogen-bond acceptors (Lipinski definition) is 6. The number of amides is 3. The Balaban J connectivity index is 1.53. The molecule has 3 heterocycles. The normalized spacial score (nSPS) is 13.3. The lowest BCUT2D eigenvalue weighted by Crippen LogP contribution is -2.33. The van der Waals surface area contributed by atoms with Crippen molar-refractivity contribution in [2.24, 2.45) is 5.92 Å². The minimum Gasteiger partial charge on any atom is -0.298 e. The van der Waals surface area contributed by atoms with Crippen LogP contribution in [0.15, 0.2) is 41.1 Å². The highest BCUT2D eigenvalue weighted by Crippen LogP contribution is 2.29. The fourth-order valence-corrected chi connectivity index (χ4v) is 4.47. The van der Waals surface area contributed by atoms with Gasteiger partial charge < -0.3 is 0 Å². The van der Waals surface area contributed by atoms with E-state index in [0.29, 0.717) is 22.8 Å². The van der Waals surface area contributed by atoms with E-state index in [4.69, 9.17) is 0 Å². The molecule has 2 aromatic heterocycles. The van der Waals surface area contributed by atoms with E-state index in [-0.39, 0.29) is 29.2 Å². The Morgan fingerprint density at radius 1 is 1.14 bits per heavy atom. The molecule has 1 N–H and O–H groups in total. The summed E-state index contributed by atoms with van der Waals surface area (Å²) in [5.41, 5.74) is 1.75. The molecule has 3 aromatic rings. The molecule has 1 aromatic carbocycles. The Labute approximate surface area is 169 Å². The summed E-state index contributed by atoms with van der Waals surface area (Å²) in [5, 5.41) is 7.10. The average molecular weight is 412 g/mol. The summed E-state index contributed by atoms with van der Waals surface area (Å²) in [6.07, 6.45) is 0. The van der Waals surface area contributed by atoms with Gasteiger partial charge in [0.05, 0.1) is 21.7 Å². The standard InChI is InChI=1S/C20H17N3O3S2/c1-11(2)9-23-18(25)13-6-5-12(8-14(13)19(23)26)17(24)22-20-21-15(10-28-20)16-4-3-7-27-16/h3-8,10-11H,9H2,1-2H3,(H,21,22,24). The fourth-order valence-electron chi connectivity index (χ4n) is 3.00. The van der Waals surface area contributed by atoms with Crippen LogP contribution in [0.3, 0.4) is 0 Å². The van der Waals surface area contributed by atoms with Crippen molar-refractivity contribution in [2.45, 2.75) is 13.8 Å². The molecule has 142 valence electrons. The predicted molar refractivity (Wildman–Crippen MR) is 110 cm³/mol. The van der Waals surface area contributed by atoms with E-state index in [1.54, 1.807) is 23.5 Å². The molecule has 28 heavy (non-hydrogen) atoms. The van der Waals surface area contributed by atoms with Crippen LogP contribution < -0.4 is 5.32 Å². The van der Waals surface area contributed by atoms with Crippen LogP contribution in [0.5, 0.6) is 0 Å². The van der Waals surface area contributed by atoms with Crippen LogP contribution in [0.25, 0.3) is 10.6 Å². The predicted octanol–water partition coefficient (Wildman–Crippen LogP) is 4.38. The number of nitrogens with zero attached hydrogens (tertiary/aromatic N) is 2. The molecule has 0 radical (unpaired) electrons. The summed E-state index contributed by atoms with van der Waals surface area (Å²) in [6, 6.07) is 8.51. The van der Waals surface area contributed by atoms with Gasteiger partial charge in [-0.1, -0.05) is 19.9 Å². The molecule has 1 aliphatic heterocycles. The summed E-state index contributed by atoms with van der Waals surface area (Å²) in [7, 11) is 0. The first-order valence-electron chi connectivity index (χ1n) is 8.75. The number of thiophene rings is 1. The van der Waals surface area contributed by atoms with Crippen molar-refractivity contribution in [1.29, 1.82) is 0 Å². The van der Waals surface area contributed by atoms with Gasteiger partial charge in [0, 0.05) is 17.5 Å². The first-order valence-corrected chi connectivity index (χ1v) is 10.5. The van der Waals surface area contributed by atoms with Gasteiger partial charge in [0.1, 0.15) is 0 Å². The van der Waals surface area contributed by atoms with Gasteiger partial charge in [-0.05, 0) is 35.6 Å². The van der Waals surface area contributed by atoms with Crippen molar-refractivity contribution in [1.82, 2.24) is 9.88 Å². The minimum absolute atomic E-state index is 0.174. The van der Waals surface area contributed by atoms with E-state index in [2.05, 4.69) is 10.3 Å². The van der Waals surface area contributed by atoms with Crippen molar-refractivity contribution in [3.05, 3.63) is 57.8 Å². The molecule has 0 unspecified atom stereocenters. The number of aromatic nitrogens is 1. The number of imide groups is 1. The Bertz CT molecular complexity index is 1070. The van der Waals surface area contributed by atoms with Crippen molar-refractivity contribution in [3.8, 4) is 10.6 Å². The van der Waals surface area contributed by atoms with E-state index in [1.165, 1.54) is 22.3 Å². The number of benzene rings is 1. The van der Waals surface area contributed by atoms with Gasteiger partial charge in [0.15, 0.2) is 5.13 Å². The Kier molecular flexibility index (Phi) is 4.82. The Morgan fingerprint density at radius 3 is 2.64 bits per heavy atom. The van der Waals surface area contributed by atoms with Crippen molar-refractivity contribution in [2.75, 3.05) is 11.9 Å². The number of thiazole rings is 1. The van der Waals surface area contributed by atoms with E-state index in [1.807, 2.05) is 36.7 Å². The molecule has 1 aliphatic rings. The highest BCUT2D eigenvalue weighted by Gasteiger charge is 2.36. The molecule has 0 aliphatic carbocycles. The summed E-state index contributed by atoms with van der Waals surface area (Å²) >= 11 is 2.92. The third-order valence-corrected chi connectivity index (χ3v) is 5.93. The molecule has 0 atom stereocenters. The lowest BCUT2D eigenvalue weighted by molar-refractivity contribution is 0.0636. The first kappa shape index (κ1) is 18.5. The number of nitrogens with one attached hydrogen (secondary N) is 1. The molecule has 3 amide bonds. The van der Waals surface area contributed by atoms with Gasteiger partial charge in [0.2, 0.25) is 0 Å². The van der Waals surface area contributed by atoms with Crippen molar-refractivity contribution in [3.63, 3.8) is 0 Å². The number of carbonyl (C=O) groups excluding carboxylic acids is 3. The van der Waals surface area contributed by atoms with E-state index >= 15 is 0 Å². The van der Waals surface area contributed by atoms with Crippen LogP contribution >= 0.6 is 22.7 Å². The molecule has 0 saturated heterocycles.